The first kappa shape index (κ1) is 21.4. The van der Waals surface area contributed by atoms with Crippen LogP contribution in [0.3, 0.4) is 0 Å². The number of hydrogen-bond acceptors (Lipinski definition) is 0. The topological polar surface area (TPSA) is 0 Å². The van der Waals surface area contributed by atoms with Gasteiger partial charge >= 0.3 is 0 Å². The summed E-state index contributed by atoms with van der Waals surface area (Å²) in [5.74, 6) is 1.22. The number of hydrogen-bond donors (Lipinski definition) is 0. The van der Waals surface area contributed by atoms with Crippen LogP contribution in [0, 0.1) is 6.92 Å². The van der Waals surface area contributed by atoms with Crippen molar-refractivity contribution in [1.29, 1.82) is 0 Å². The Morgan fingerprint density at radius 1 is 0.609 bits per heavy atom. The maximum atomic E-state index is 2.35. The van der Waals surface area contributed by atoms with E-state index in [0.717, 1.165) is 0 Å². The highest BCUT2D eigenvalue weighted by Crippen LogP contribution is 2.46. The van der Waals surface area contributed by atoms with Crippen LogP contribution in [0.5, 0.6) is 0 Å². The maximum Gasteiger partial charge on any atom is -0.0118 e. The standard InChI is InChI=1S/C17H18.3C2H6/c1-11-8-9-16-15-7-5-4-6-14(15)12(2)13(3)17(16)10-11;3*1-2/h4-10,12-13H,1-3H3;3*1-2H3. The Labute approximate surface area is 145 Å². The second-order valence-electron chi connectivity index (χ2n) is 5.26. The molecular formula is C23H36. The summed E-state index contributed by atoms with van der Waals surface area (Å²) in [7, 11) is 0. The molecule has 128 valence electrons. The molecule has 0 saturated carbocycles. The molecule has 2 unspecified atom stereocenters. The molecule has 0 nitrogen and oxygen atoms in total. The van der Waals surface area contributed by atoms with E-state index < -0.39 is 0 Å². The van der Waals surface area contributed by atoms with Crippen molar-refractivity contribution in [3.05, 3.63) is 59.2 Å². The van der Waals surface area contributed by atoms with Crippen LogP contribution in [0.4, 0.5) is 0 Å². The quantitative estimate of drug-likeness (QED) is 0.463. The Morgan fingerprint density at radius 3 is 1.70 bits per heavy atom. The molecule has 0 heterocycles. The van der Waals surface area contributed by atoms with Crippen LogP contribution >= 0.6 is 0 Å². The SMILES string of the molecule is CC.CC.CC.Cc1ccc2c(c1)C(C)C(C)c1ccccc1-2. The van der Waals surface area contributed by atoms with E-state index in [1.54, 1.807) is 0 Å². The third kappa shape index (κ3) is 4.70. The molecule has 0 aromatic heterocycles. The van der Waals surface area contributed by atoms with Crippen molar-refractivity contribution in [3.8, 4) is 11.1 Å². The van der Waals surface area contributed by atoms with E-state index in [2.05, 4.69) is 63.2 Å². The van der Waals surface area contributed by atoms with Gasteiger partial charge in [0.05, 0.1) is 0 Å². The molecule has 0 radical (unpaired) electrons. The molecule has 0 heteroatoms. The molecule has 1 aliphatic rings. The molecule has 0 bridgehead atoms. The summed E-state index contributed by atoms with van der Waals surface area (Å²) >= 11 is 0. The largest absolute Gasteiger partial charge is 0.0683 e. The van der Waals surface area contributed by atoms with Gasteiger partial charge in [-0.2, -0.15) is 0 Å². The third-order valence-corrected chi connectivity index (χ3v) is 4.19. The van der Waals surface area contributed by atoms with Crippen molar-refractivity contribution in [2.75, 3.05) is 0 Å². The number of fused-ring (bicyclic) bond motifs is 3. The molecule has 2 aromatic rings. The highest BCUT2D eigenvalue weighted by atomic mass is 14.3. The van der Waals surface area contributed by atoms with Gasteiger partial charge in [0.15, 0.2) is 0 Å². The summed E-state index contributed by atoms with van der Waals surface area (Å²) in [6.45, 7) is 18.9. The number of benzene rings is 2. The molecule has 0 N–H and O–H groups in total. The predicted octanol–water partition coefficient (Wildman–Crippen LogP) is 7.96. The summed E-state index contributed by atoms with van der Waals surface area (Å²) in [4.78, 5) is 0. The van der Waals surface area contributed by atoms with Gasteiger partial charge in [-0.15, -0.1) is 0 Å². The Balaban J connectivity index is 0.000000728. The van der Waals surface area contributed by atoms with Crippen molar-refractivity contribution >= 4 is 0 Å². The zero-order chi connectivity index (χ0) is 18.0. The van der Waals surface area contributed by atoms with Gasteiger partial charge in [0.1, 0.15) is 0 Å². The average Bonchev–Trinajstić information content (AvgIpc) is 2.65. The van der Waals surface area contributed by atoms with Crippen molar-refractivity contribution in [2.45, 2.75) is 74.1 Å². The summed E-state index contributed by atoms with van der Waals surface area (Å²) in [6, 6.07) is 15.7. The minimum Gasteiger partial charge on any atom is -0.0683 e. The van der Waals surface area contributed by atoms with Gasteiger partial charge < -0.3 is 0 Å². The lowest BCUT2D eigenvalue weighted by Crippen LogP contribution is -2.13. The first-order valence-corrected chi connectivity index (χ1v) is 9.38. The van der Waals surface area contributed by atoms with Crippen molar-refractivity contribution in [1.82, 2.24) is 0 Å². The number of aryl methyl sites for hydroxylation is 1. The van der Waals surface area contributed by atoms with Crippen LogP contribution in [-0.4, -0.2) is 0 Å². The lowest BCUT2D eigenvalue weighted by Gasteiger charge is -2.31. The monoisotopic (exact) mass is 312 g/mol. The van der Waals surface area contributed by atoms with Gasteiger partial charge in [-0.05, 0) is 41.0 Å². The van der Waals surface area contributed by atoms with Crippen molar-refractivity contribution < 1.29 is 0 Å². The summed E-state index contributed by atoms with van der Waals surface area (Å²) < 4.78 is 0. The molecule has 2 atom stereocenters. The third-order valence-electron chi connectivity index (χ3n) is 4.19. The molecule has 0 spiro atoms. The fourth-order valence-corrected chi connectivity index (χ4v) is 2.98. The van der Waals surface area contributed by atoms with Gasteiger partial charge in [0, 0.05) is 0 Å². The molecule has 23 heavy (non-hydrogen) atoms. The fraction of sp³-hybridized carbons (Fsp3) is 0.478. The molecular weight excluding hydrogens is 276 g/mol. The average molecular weight is 313 g/mol. The first-order chi connectivity index (χ1) is 11.2. The van der Waals surface area contributed by atoms with Gasteiger partial charge in [-0.25, -0.2) is 0 Å². The van der Waals surface area contributed by atoms with Gasteiger partial charge in [-0.1, -0.05) is 103 Å². The zero-order valence-electron chi connectivity index (χ0n) is 16.7. The first-order valence-electron chi connectivity index (χ1n) is 9.38. The minimum atomic E-state index is 0.611. The van der Waals surface area contributed by atoms with Crippen LogP contribution in [0.15, 0.2) is 42.5 Å². The van der Waals surface area contributed by atoms with E-state index in [4.69, 9.17) is 0 Å². The van der Waals surface area contributed by atoms with Crippen molar-refractivity contribution in [3.63, 3.8) is 0 Å². The normalized spacial score (nSPS) is 16.9. The summed E-state index contributed by atoms with van der Waals surface area (Å²) in [5.41, 5.74) is 7.22. The molecule has 0 fully saturated rings. The van der Waals surface area contributed by atoms with E-state index in [0.29, 0.717) is 11.8 Å². The Kier molecular flexibility index (Phi) is 10.3. The van der Waals surface area contributed by atoms with Crippen LogP contribution in [0.1, 0.15) is 83.9 Å². The molecule has 3 rings (SSSR count). The smallest absolute Gasteiger partial charge is 0.0118 e. The predicted molar refractivity (Wildman–Crippen MR) is 107 cm³/mol. The zero-order valence-corrected chi connectivity index (χ0v) is 16.7. The second-order valence-corrected chi connectivity index (χ2v) is 5.26. The van der Waals surface area contributed by atoms with Gasteiger partial charge in [-0.3, -0.25) is 0 Å². The van der Waals surface area contributed by atoms with E-state index in [-0.39, 0.29) is 0 Å². The van der Waals surface area contributed by atoms with E-state index in [1.165, 1.54) is 27.8 Å². The van der Waals surface area contributed by atoms with Gasteiger partial charge in [0.25, 0.3) is 0 Å². The van der Waals surface area contributed by atoms with E-state index in [9.17, 15) is 0 Å². The lowest BCUT2D eigenvalue weighted by molar-refractivity contribution is 0.616. The van der Waals surface area contributed by atoms with Gasteiger partial charge in [0.2, 0.25) is 0 Å². The van der Waals surface area contributed by atoms with Crippen LogP contribution in [0.2, 0.25) is 0 Å². The summed E-state index contributed by atoms with van der Waals surface area (Å²) in [6.07, 6.45) is 0. The van der Waals surface area contributed by atoms with E-state index >= 15 is 0 Å². The molecule has 1 aliphatic carbocycles. The lowest BCUT2D eigenvalue weighted by atomic mass is 9.73. The molecule has 0 saturated heterocycles. The van der Waals surface area contributed by atoms with E-state index in [1.807, 2.05) is 41.5 Å². The van der Waals surface area contributed by atoms with Crippen LogP contribution in [-0.2, 0) is 0 Å². The van der Waals surface area contributed by atoms with Crippen LogP contribution < -0.4 is 0 Å². The minimum absolute atomic E-state index is 0.611. The van der Waals surface area contributed by atoms with Crippen molar-refractivity contribution in [2.24, 2.45) is 0 Å². The highest BCUT2D eigenvalue weighted by Gasteiger charge is 2.27. The Hall–Kier alpha value is -1.56. The Morgan fingerprint density at radius 2 is 1.09 bits per heavy atom. The highest BCUT2D eigenvalue weighted by molar-refractivity contribution is 5.75. The maximum absolute atomic E-state index is 2.35. The molecule has 0 aliphatic heterocycles. The molecule has 0 amide bonds. The summed E-state index contributed by atoms with van der Waals surface area (Å²) in [5, 5.41) is 0. The second kappa shape index (κ2) is 11.0. The Bertz CT molecular complexity index is 566. The fourth-order valence-electron chi connectivity index (χ4n) is 2.98. The number of rotatable bonds is 0. The van der Waals surface area contributed by atoms with Crippen LogP contribution in [0.25, 0.3) is 11.1 Å². The molecule has 2 aromatic carbocycles.